The van der Waals surface area contributed by atoms with E-state index in [-0.39, 0.29) is 35.4 Å². The number of aromatic nitrogens is 2. The quantitative estimate of drug-likeness (QED) is 0.785. The molecule has 7 nitrogen and oxygen atoms in total. The summed E-state index contributed by atoms with van der Waals surface area (Å²) in [7, 11) is -2.77. The van der Waals surface area contributed by atoms with Gasteiger partial charge in [-0.25, -0.2) is 17.2 Å². The highest BCUT2D eigenvalue weighted by Gasteiger charge is 2.49. The Morgan fingerprint density at radius 2 is 2.15 bits per heavy atom. The Balaban J connectivity index is 1.57. The van der Waals surface area contributed by atoms with Crippen LogP contribution in [0.15, 0.2) is 27.6 Å². The topological polar surface area (TPSA) is 85.5 Å². The SMILES string of the molecule is COc1ccc(S(=O)(=O)N2CCC(F)(c3nc(C4CC4)no3)C2)cc1F. The molecular formula is C16H17F2N3O4S. The van der Waals surface area contributed by atoms with Gasteiger partial charge in [-0.05, 0) is 31.0 Å². The van der Waals surface area contributed by atoms with Gasteiger partial charge in [0.2, 0.25) is 15.7 Å². The van der Waals surface area contributed by atoms with Crippen LogP contribution < -0.4 is 4.74 Å². The van der Waals surface area contributed by atoms with Gasteiger partial charge in [0.1, 0.15) is 0 Å². The monoisotopic (exact) mass is 385 g/mol. The first-order chi connectivity index (χ1) is 12.3. The Bertz CT molecular complexity index is 945. The first kappa shape index (κ1) is 17.3. The molecule has 1 unspecified atom stereocenters. The number of sulfonamides is 1. The van der Waals surface area contributed by atoms with Gasteiger partial charge in [0, 0.05) is 18.9 Å². The van der Waals surface area contributed by atoms with Crippen LogP contribution in [0.5, 0.6) is 5.75 Å². The summed E-state index contributed by atoms with van der Waals surface area (Å²) in [5, 5.41) is 3.79. The minimum Gasteiger partial charge on any atom is -0.494 e. The number of hydrogen-bond acceptors (Lipinski definition) is 6. The van der Waals surface area contributed by atoms with Crippen LogP contribution in [0.25, 0.3) is 0 Å². The van der Waals surface area contributed by atoms with Gasteiger partial charge in [-0.2, -0.15) is 9.29 Å². The Labute approximate surface area is 149 Å². The van der Waals surface area contributed by atoms with Crippen LogP contribution in [-0.2, 0) is 15.7 Å². The van der Waals surface area contributed by atoms with Crippen molar-refractivity contribution in [3.05, 3.63) is 35.7 Å². The maximum atomic E-state index is 15.2. The fourth-order valence-corrected chi connectivity index (χ4v) is 4.50. The lowest BCUT2D eigenvalue weighted by Crippen LogP contribution is -2.32. The first-order valence-electron chi connectivity index (χ1n) is 8.20. The normalized spacial score (nSPS) is 24.1. The minimum absolute atomic E-state index is 0.0619. The van der Waals surface area contributed by atoms with Gasteiger partial charge in [0.15, 0.2) is 17.4 Å². The summed E-state index contributed by atoms with van der Waals surface area (Å²) in [6.07, 6.45) is 1.79. The lowest BCUT2D eigenvalue weighted by atomic mass is 10.1. The predicted molar refractivity (Wildman–Crippen MR) is 85.4 cm³/mol. The molecule has 1 aliphatic carbocycles. The van der Waals surface area contributed by atoms with Crippen LogP contribution in [0.2, 0.25) is 0 Å². The van der Waals surface area contributed by atoms with E-state index in [2.05, 4.69) is 10.1 Å². The molecule has 1 aliphatic heterocycles. The summed E-state index contributed by atoms with van der Waals surface area (Å²) in [4.78, 5) is 3.84. The smallest absolute Gasteiger partial charge is 0.265 e. The number of benzene rings is 1. The number of nitrogens with zero attached hydrogens (tertiary/aromatic N) is 3. The molecule has 0 spiro atoms. The Hall–Kier alpha value is -2.07. The molecule has 10 heteroatoms. The van der Waals surface area contributed by atoms with Gasteiger partial charge in [0.25, 0.3) is 5.89 Å². The van der Waals surface area contributed by atoms with Gasteiger partial charge in [-0.3, -0.25) is 0 Å². The Kier molecular flexibility index (Phi) is 3.99. The van der Waals surface area contributed by atoms with Crippen molar-refractivity contribution in [1.29, 1.82) is 0 Å². The fourth-order valence-electron chi connectivity index (χ4n) is 3.00. The molecule has 2 aliphatic rings. The summed E-state index contributed by atoms with van der Waals surface area (Å²) in [6.45, 7) is -0.511. The van der Waals surface area contributed by atoms with Crippen molar-refractivity contribution < 1.29 is 26.5 Å². The molecule has 2 heterocycles. The van der Waals surface area contributed by atoms with Crippen LogP contribution in [0.3, 0.4) is 0 Å². The highest BCUT2D eigenvalue weighted by molar-refractivity contribution is 7.89. The summed E-state index contributed by atoms with van der Waals surface area (Å²) in [5.41, 5.74) is -2.04. The lowest BCUT2D eigenvalue weighted by Gasteiger charge is -2.18. The zero-order valence-electron chi connectivity index (χ0n) is 14.0. The molecule has 1 atom stereocenters. The third-order valence-electron chi connectivity index (χ3n) is 4.71. The molecule has 1 saturated heterocycles. The molecule has 26 heavy (non-hydrogen) atoms. The van der Waals surface area contributed by atoms with E-state index in [1.807, 2.05) is 0 Å². The second-order valence-corrected chi connectivity index (χ2v) is 8.52. The van der Waals surface area contributed by atoms with Gasteiger partial charge in [-0.1, -0.05) is 5.16 Å². The van der Waals surface area contributed by atoms with Crippen molar-refractivity contribution in [2.24, 2.45) is 0 Å². The van der Waals surface area contributed by atoms with Gasteiger partial charge in [-0.15, -0.1) is 0 Å². The highest BCUT2D eigenvalue weighted by Crippen LogP contribution is 2.42. The maximum Gasteiger partial charge on any atom is 0.265 e. The van der Waals surface area contributed by atoms with Crippen molar-refractivity contribution in [3.63, 3.8) is 0 Å². The van der Waals surface area contributed by atoms with Crippen molar-refractivity contribution >= 4 is 10.0 Å². The van der Waals surface area contributed by atoms with Crippen molar-refractivity contribution in [2.45, 2.75) is 35.7 Å². The summed E-state index contributed by atoms with van der Waals surface area (Å²) >= 11 is 0. The number of alkyl halides is 1. The largest absolute Gasteiger partial charge is 0.494 e. The molecule has 1 aromatic carbocycles. The van der Waals surface area contributed by atoms with Crippen LogP contribution in [0.4, 0.5) is 8.78 Å². The molecular weight excluding hydrogens is 368 g/mol. The molecule has 2 fully saturated rings. The number of hydrogen-bond donors (Lipinski definition) is 0. The van der Waals surface area contributed by atoms with E-state index in [9.17, 15) is 12.8 Å². The van der Waals surface area contributed by atoms with E-state index < -0.39 is 28.1 Å². The van der Waals surface area contributed by atoms with E-state index in [0.29, 0.717) is 5.82 Å². The zero-order chi connectivity index (χ0) is 18.5. The second-order valence-electron chi connectivity index (χ2n) is 6.58. The van der Waals surface area contributed by atoms with E-state index in [0.717, 1.165) is 23.2 Å². The molecule has 1 aromatic heterocycles. The predicted octanol–water partition coefficient (Wildman–Crippen LogP) is 2.35. The van der Waals surface area contributed by atoms with Crippen LogP contribution in [0, 0.1) is 5.82 Å². The second kappa shape index (κ2) is 5.98. The standard InChI is InChI=1S/C16H17F2N3O4S/c1-24-13-5-4-11(8-12(13)17)26(22,23)21-7-6-16(18,9-21)15-19-14(20-25-15)10-2-3-10/h4-5,8,10H,2-3,6-7,9H2,1H3. The molecule has 0 radical (unpaired) electrons. The molecule has 0 N–H and O–H groups in total. The first-order valence-corrected chi connectivity index (χ1v) is 9.64. The van der Waals surface area contributed by atoms with Crippen LogP contribution >= 0.6 is 0 Å². The molecule has 0 amide bonds. The molecule has 2 aromatic rings. The third-order valence-corrected chi connectivity index (χ3v) is 6.55. The molecule has 140 valence electrons. The van der Waals surface area contributed by atoms with Gasteiger partial charge < -0.3 is 9.26 Å². The van der Waals surface area contributed by atoms with Crippen molar-refractivity contribution in [3.8, 4) is 5.75 Å². The van der Waals surface area contributed by atoms with E-state index in [1.54, 1.807) is 0 Å². The van der Waals surface area contributed by atoms with E-state index in [1.165, 1.54) is 19.2 Å². The Morgan fingerprint density at radius 3 is 2.81 bits per heavy atom. The van der Waals surface area contributed by atoms with E-state index >= 15 is 4.39 Å². The zero-order valence-corrected chi connectivity index (χ0v) is 14.8. The number of halogens is 2. The number of ether oxygens (including phenoxy) is 1. The van der Waals surface area contributed by atoms with Crippen LogP contribution in [0.1, 0.15) is 36.9 Å². The minimum atomic E-state index is -4.05. The average molecular weight is 385 g/mol. The van der Waals surface area contributed by atoms with Crippen molar-refractivity contribution in [2.75, 3.05) is 20.2 Å². The lowest BCUT2D eigenvalue weighted by molar-refractivity contribution is 0.127. The van der Waals surface area contributed by atoms with Crippen LogP contribution in [-0.4, -0.2) is 43.1 Å². The molecule has 4 rings (SSSR count). The average Bonchev–Trinajstić information content (AvgIpc) is 3.18. The number of methoxy groups -OCH3 is 1. The highest BCUT2D eigenvalue weighted by atomic mass is 32.2. The summed E-state index contributed by atoms with van der Waals surface area (Å²) in [6, 6.07) is 3.32. The molecule has 1 saturated carbocycles. The maximum absolute atomic E-state index is 15.2. The summed E-state index contributed by atoms with van der Waals surface area (Å²) < 4.78 is 65.3. The van der Waals surface area contributed by atoms with E-state index in [4.69, 9.17) is 9.26 Å². The summed E-state index contributed by atoms with van der Waals surface area (Å²) in [5.74, 6) is -0.387. The fraction of sp³-hybridized carbons (Fsp3) is 0.500. The number of rotatable bonds is 5. The Morgan fingerprint density at radius 1 is 1.38 bits per heavy atom. The van der Waals surface area contributed by atoms with Gasteiger partial charge >= 0.3 is 0 Å². The van der Waals surface area contributed by atoms with Gasteiger partial charge in [0.05, 0.1) is 18.6 Å². The van der Waals surface area contributed by atoms with Crippen molar-refractivity contribution in [1.82, 2.24) is 14.4 Å². The molecule has 0 bridgehead atoms. The third kappa shape index (κ3) is 2.86.